The molecule has 0 aromatic rings. The average Bonchev–Trinajstić information content (AvgIpc) is 2.72. The first kappa shape index (κ1) is 14.8. The van der Waals surface area contributed by atoms with Gasteiger partial charge in [-0.3, -0.25) is 4.79 Å². The van der Waals surface area contributed by atoms with Crippen molar-refractivity contribution in [3.05, 3.63) is 0 Å². The second kappa shape index (κ2) is 7.24. The SMILES string of the molecule is CC(C)CCCNC(=O)N[C@H]1CC[C@@H](C(=O)O)C1. The summed E-state index contributed by atoms with van der Waals surface area (Å²) in [4.78, 5) is 22.3. The third-order valence-corrected chi connectivity index (χ3v) is 3.36. The molecule has 104 valence electrons. The quantitative estimate of drug-likeness (QED) is 0.636. The summed E-state index contributed by atoms with van der Waals surface area (Å²) in [6, 6.07) is -0.161. The van der Waals surface area contributed by atoms with E-state index in [1.165, 1.54) is 0 Å². The smallest absolute Gasteiger partial charge is 0.315 e. The molecule has 0 aromatic carbocycles. The minimum absolute atomic E-state index is 0.0104. The van der Waals surface area contributed by atoms with Crippen LogP contribution < -0.4 is 10.6 Å². The van der Waals surface area contributed by atoms with Gasteiger partial charge in [-0.2, -0.15) is 0 Å². The molecule has 1 aliphatic carbocycles. The molecule has 0 bridgehead atoms. The Labute approximate surface area is 108 Å². The molecular weight excluding hydrogens is 232 g/mol. The molecule has 1 saturated carbocycles. The minimum atomic E-state index is -0.753. The first-order chi connectivity index (χ1) is 8.49. The molecule has 1 fully saturated rings. The second-order valence-corrected chi connectivity index (χ2v) is 5.48. The number of nitrogens with one attached hydrogen (secondary N) is 2. The molecule has 2 amide bonds. The number of carbonyl (C=O) groups excluding carboxylic acids is 1. The number of aliphatic carboxylic acids is 1. The molecule has 0 spiro atoms. The highest BCUT2D eigenvalue weighted by Gasteiger charge is 2.30. The molecule has 5 heteroatoms. The summed E-state index contributed by atoms with van der Waals surface area (Å²) < 4.78 is 0. The lowest BCUT2D eigenvalue weighted by atomic mass is 10.1. The van der Waals surface area contributed by atoms with E-state index in [2.05, 4.69) is 24.5 Å². The zero-order valence-corrected chi connectivity index (χ0v) is 11.2. The second-order valence-electron chi connectivity index (χ2n) is 5.48. The molecule has 0 aliphatic heterocycles. The van der Waals surface area contributed by atoms with Gasteiger partial charge in [-0.15, -0.1) is 0 Å². The van der Waals surface area contributed by atoms with E-state index in [-0.39, 0.29) is 18.0 Å². The molecule has 0 aromatic heterocycles. The van der Waals surface area contributed by atoms with Crippen molar-refractivity contribution < 1.29 is 14.7 Å². The van der Waals surface area contributed by atoms with E-state index in [0.29, 0.717) is 25.3 Å². The van der Waals surface area contributed by atoms with Gasteiger partial charge in [0.05, 0.1) is 5.92 Å². The normalized spacial score (nSPS) is 23.1. The molecule has 1 rings (SSSR count). The lowest BCUT2D eigenvalue weighted by Crippen LogP contribution is -2.41. The van der Waals surface area contributed by atoms with E-state index in [9.17, 15) is 9.59 Å². The summed E-state index contributed by atoms with van der Waals surface area (Å²) in [6.07, 6.45) is 4.05. The Morgan fingerprint density at radius 3 is 2.61 bits per heavy atom. The molecule has 5 nitrogen and oxygen atoms in total. The van der Waals surface area contributed by atoms with E-state index >= 15 is 0 Å². The molecule has 2 atom stereocenters. The van der Waals surface area contributed by atoms with E-state index in [1.54, 1.807) is 0 Å². The van der Waals surface area contributed by atoms with Gasteiger partial charge in [0.25, 0.3) is 0 Å². The fraction of sp³-hybridized carbons (Fsp3) is 0.846. The van der Waals surface area contributed by atoms with Gasteiger partial charge in [-0.1, -0.05) is 13.8 Å². The Morgan fingerprint density at radius 2 is 2.06 bits per heavy atom. The van der Waals surface area contributed by atoms with Crippen LogP contribution in [0.1, 0.15) is 46.0 Å². The predicted octanol–water partition coefficient (Wildman–Crippen LogP) is 1.98. The molecule has 18 heavy (non-hydrogen) atoms. The van der Waals surface area contributed by atoms with Gasteiger partial charge in [-0.25, -0.2) is 4.79 Å². The van der Waals surface area contributed by atoms with Crippen LogP contribution in [0.15, 0.2) is 0 Å². The molecule has 0 heterocycles. The summed E-state index contributed by atoms with van der Waals surface area (Å²) in [7, 11) is 0. The molecular formula is C13H24N2O3. The number of rotatable bonds is 6. The number of carboxylic acid groups (broad SMARTS) is 1. The van der Waals surface area contributed by atoms with Gasteiger partial charge in [0.15, 0.2) is 0 Å². The molecule has 1 aliphatic rings. The maximum atomic E-state index is 11.6. The summed E-state index contributed by atoms with van der Waals surface area (Å²) in [5, 5.41) is 14.5. The van der Waals surface area contributed by atoms with Crippen molar-refractivity contribution in [2.45, 2.75) is 52.0 Å². The van der Waals surface area contributed by atoms with Crippen molar-refractivity contribution in [2.75, 3.05) is 6.54 Å². The van der Waals surface area contributed by atoms with Crippen LogP contribution >= 0.6 is 0 Å². The van der Waals surface area contributed by atoms with Crippen molar-refractivity contribution in [1.82, 2.24) is 10.6 Å². The van der Waals surface area contributed by atoms with Crippen molar-refractivity contribution in [1.29, 1.82) is 0 Å². The maximum Gasteiger partial charge on any atom is 0.315 e. The minimum Gasteiger partial charge on any atom is -0.481 e. The van der Waals surface area contributed by atoms with Crippen LogP contribution in [0.3, 0.4) is 0 Å². The number of amides is 2. The summed E-state index contributed by atoms with van der Waals surface area (Å²) in [6.45, 7) is 4.99. The predicted molar refractivity (Wildman–Crippen MR) is 69.4 cm³/mol. The Morgan fingerprint density at radius 1 is 1.33 bits per heavy atom. The van der Waals surface area contributed by atoms with Gasteiger partial charge in [0.2, 0.25) is 0 Å². The van der Waals surface area contributed by atoms with Gasteiger partial charge >= 0.3 is 12.0 Å². The fourth-order valence-electron chi connectivity index (χ4n) is 2.29. The average molecular weight is 256 g/mol. The number of hydrogen-bond acceptors (Lipinski definition) is 2. The number of carboxylic acids is 1. The first-order valence-electron chi connectivity index (χ1n) is 6.76. The van der Waals surface area contributed by atoms with Crippen LogP contribution in [0, 0.1) is 11.8 Å². The number of hydrogen-bond donors (Lipinski definition) is 3. The monoisotopic (exact) mass is 256 g/mol. The van der Waals surface area contributed by atoms with E-state index in [0.717, 1.165) is 19.3 Å². The molecule has 0 saturated heterocycles. The lowest BCUT2D eigenvalue weighted by Gasteiger charge is -2.13. The van der Waals surface area contributed by atoms with Crippen LogP contribution in [0.2, 0.25) is 0 Å². The largest absolute Gasteiger partial charge is 0.481 e. The Hall–Kier alpha value is -1.26. The summed E-state index contributed by atoms with van der Waals surface area (Å²) >= 11 is 0. The van der Waals surface area contributed by atoms with E-state index in [4.69, 9.17) is 5.11 Å². The Kier molecular flexibility index (Phi) is 5.95. The molecule has 0 unspecified atom stereocenters. The Balaban J connectivity index is 2.12. The van der Waals surface area contributed by atoms with Gasteiger partial charge in [0.1, 0.15) is 0 Å². The summed E-state index contributed by atoms with van der Waals surface area (Å²) in [5.41, 5.74) is 0. The van der Waals surface area contributed by atoms with Crippen molar-refractivity contribution >= 4 is 12.0 Å². The topological polar surface area (TPSA) is 78.4 Å². The highest BCUT2D eigenvalue weighted by atomic mass is 16.4. The van der Waals surface area contributed by atoms with Crippen LogP contribution in [0.5, 0.6) is 0 Å². The first-order valence-corrected chi connectivity index (χ1v) is 6.76. The van der Waals surface area contributed by atoms with Crippen LogP contribution in [0.4, 0.5) is 4.79 Å². The number of urea groups is 1. The van der Waals surface area contributed by atoms with Crippen molar-refractivity contribution in [2.24, 2.45) is 11.8 Å². The van der Waals surface area contributed by atoms with Crippen molar-refractivity contribution in [3.8, 4) is 0 Å². The fourth-order valence-corrected chi connectivity index (χ4v) is 2.29. The number of carbonyl (C=O) groups is 2. The van der Waals surface area contributed by atoms with E-state index in [1.807, 2.05) is 0 Å². The van der Waals surface area contributed by atoms with Gasteiger partial charge < -0.3 is 15.7 Å². The van der Waals surface area contributed by atoms with Crippen LogP contribution in [0.25, 0.3) is 0 Å². The molecule has 3 N–H and O–H groups in total. The molecule has 0 radical (unpaired) electrons. The standard InChI is InChI=1S/C13H24N2O3/c1-9(2)4-3-7-14-13(18)15-11-6-5-10(8-11)12(16)17/h9-11H,3-8H2,1-2H3,(H,16,17)(H2,14,15,18)/t10-,11+/m1/s1. The van der Waals surface area contributed by atoms with Gasteiger partial charge in [-0.05, 0) is 38.0 Å². The van der Waals surface area contributed by atoms with Gasteiger partial charge in [0, 0.05) is 12.6 Å². The highest BCUT2D eigenvalue weighted by molar-refractivity contribution is 5.75. The van der Waals surface area contributed by atoms with Crippen LogP contribution in [-0.2, 0) is 4.79 Å². The summed E-state index contributed by atoms with van der Waals surface area (Å²) in [5.74, 6) is -0.395. The lowest BCUT2D eigenvalue weighted by molar-refractivity contribution is -0.141. The van der Waals surface area contributed by atoms with Crippen molar-refractivity contribution in [3.63, 3.8) is 0 Å². The van der Waals surface area contributed by atoms with E-state index < -0.39 is 5.97 Å². The Bertz CT molecular complexity index is 292. The zero-order chi connectivity index (χ0) is 13.5. The maximum absolute atomic E-state index is 11.6. The third-order valence-electron chi connectivity index (χ3n) is 3.36. The highest BCUT2D eigenvalue weighted by Crippen LogP contribution is 2.25. The zero-order valence-electron chi connectivity index (χ0n) is 11.2. The van der Waals surface area contributed by atoms with Crippen LogP contribution in [-0.4, -0.2) is 29.7 Å². The third kappa shape index (κ3) is 5.38.